The summed E-state index contributed by atoms with van der Waals surface area (Å²) in [7, 11) is 1.68. The zero-order valence-electron chi connectivity index (χ0n) is 17.9. The van der Waals surface area contributed by atoms with Crippen LogP contribution in [0, 0.1) is 0 Å². The maximum Gasteiger partial charge on any atom is 0.223 e. The number of carbonyl (C=O) groups is 1. The van der Waals surface area contributed by atoms with E-state index in [1.807, 2.05) is 18.2 Å². The number of amides is 1. The first-order chi connectivity index (χ1) is 15.2. The number of hydrogen-bond acceptors (Lipinski definition) is 3. The largest absolute Gasteiger partial charge is 0.497 e. The molecule has 1 unspecified atom stereocenters. The highest BCUT2D eigenvalue weighted by molar-refractivity contribution is 7.10. The fraction of sp³-hybridized carbons (Fsp3) is 0.269. The van der Waals surface area contributed by atoms with Crippen LogP contribution >= 0.6 is 11.3 Å². The van der Waals surface area contributed by atoms with E-state index in [-0.39, 0.29) is 11.9 Å². The monoisotopic (exact) mass is 430 g/mol. The second-order valence-electron chi connectivity index (χ2n) is 8.06. The van der Waals surface area contributed by atoms with Crippen LogP contribution in [0.15, 0.2) is 60.0 Å². The highest BCUT2D eigenvalue weighted by atomic mass is 32.1. The number of fused-ring (bicyclic) bond motifs is 2. The molecule has 0 aliphatic carbocycles. The van der Waals surface area contributed by atoms with E-state index in [1.165, 1.54) is 21.4 Å². The minimum absolute atomic E-state index is 0.159. The molecule has 5 rings (SSSR count). The minimum Gasteiger partial charge on any atom is -0.497 e. The number of H-pyrrole nitrogens is 1. The Morgan fingerprint density at radius 2 is 1.97 bits per heavy atom. The maximum absolute atomic E-state index is 13.2. The summed E-state index contributed by atoms with van der Waals surface area (Å²) in [6.45, 7) is 2.96. The van der Waals surface area contributed by atoms with E-state index in [4.69, 9.17) is 4.74 Å². The van der Waals surface area contributed by atoms with Gasteiger partial charge in [0.25, 0.3) is 0 Å². The fourth-order valence-electron chi connectivity index (χ4n) is 4.69. The Morgan fingerprint density at radius 1 is 1.16 bits per heavy atom. The summed E-state index contributed by atoms with van der Waals surface area (Å²) in [4.78, 5) is 20.3. The van der Waals surface area contributed by atoms with Gasteiger partial charge in [0.2, 0.25) is 5.91 Å². The average molecular weight is 431 g/mol. The summed E-state index contributed by atoms with van der Waals surface area (Å²) in [5.41, 5.74) is 5.81. The molecule has 4 nitrogen and oxygen atoms in total. The quantitative estimate of drug-likeness (QED) is 0.423. The average Bonchev–Trinajstić information content (AvgIpc) is 3.43. The molecule has 1 aliphatic rings. The van der Waals surface area contributed by atoms with Crippen molar-refractivity contribution >= 4 is 28.1 Å². The van der Waals surface area contributed by atoms with E-state index in [9.17, 15) is 4.79 Å². The maximum atomic E-state index is 13.2. The Labute approximate surface area is 186 Å². The molecule has 0 saturated carbocycles. The summed E-state index contributed by atoms with van der Waals surface area (Å²) in [6, 6.07) is 18.8. The third-order valence-corrected chi connectivity index (χ3v) is 7.38. The lowest BCUT2D eigenvalue weighted by molar-refractivity contribution is -0.133. The molecule has 4 aromatic rings. The topological polar surface area (TPSA) is 45.3 Å². The number of nitrogens with one attached hydrogen (secondary N) is 1. The van der Waals surface area contributed by atoms with Gasteiger partial charge < -0.3 is 14.6 Å². The molecule has 158 valence electrons. The Balaban J connectivity index is 1.41. The van der Waals surface area contributed by atoms with Gasteiger partial charge in [-0.1, -0.05) is 18.2 Å². The van der Waals surface area contributed by atoms with Crippen molar-refractivity contribution in [1.29, 1.82) is 0 Å². The standard InChI is InChI=1S/C26H26N2O2S/c1-17-20-14-16-31-24(20)13-15-28(17)25(29)12-11-22-21-5-3-4-6-23(21)27-26(22)18-7-9-19(30-2)10-8-18/h3-10,14,16-17,27H,11-13,15H2,1-2H3. The molecule has 1 aliphatic heterocycles. The number of aromatic amines is 1. The molecule has 0 saturated heterocycles. The lowest BCUT2D eigenvalue weighted by atomic mass is 9.98. The predicted molar refractivity (Wildman–Crippen MR) is 127 cm³/mol. The highest BCUT2D eigenvalue weighted by Crippen LogP contribution is 2.35. The van der Waals surface area contributed by atoms with Gasteiger partial charge in [-0.15, -0.1) is 11.3 Å². The smallest absolute Gasteiger partial charge is 0.223 e. The van der Waals surface area contributed by atoms with Gasteiger partial charge in [0, 0.05) is 34.4 Å². The van der Waals surface area contributed by atoms with Crippen molar-refractivity contribution < 1.29 is 9.53 Å². The molecular weight excluding hydrogens is 404 g/mol. The summed E-state index contributed by atoms with van der Waals surface area (Å²) in [5, 5.41) is 3.33. The molecule has 0 fully saturated rings. The molecule has 1 atom stereocenters. The van der Waals surface area contributed by atoms with Crippen molar-refractivity contribution in [3.63, 3.8) is 0 Å². The van der Waals surface area contributed by atoms with Crippen LogP contribution in [0.4, 0.5) is 0 Å². The number of ether oxygens (including phenoxy) is 1. The molecule has 2 aromatic carbocycles. The predicted octanol–water partition coefficient (Wildman–Crippen LogP) is 5.98. The van der Waals surface area contributed by atoms with Crippen LogP contribution in [0.2, 0.25) is 0 Å². The number of nitrogens with zero attached hydrogens (tertiary/aromatic N) is 1. The SMILES string of the molecule is COc1ccc(-c2[nH]c3ccccc3c2CCC(=O)N2CCc3sccc3C2C)cc1. The summed E-state index contributed by atoms with van der Waals surface area (Å²) < 4.78 is 5.31. The molecule has 0 spiro atoms. The Hall–Kier alpha value is -3.05. The Morgan fingerprint density at radius 3 is 2.77 bits per heavy atom. The fourth-order valence-corrected chi connectivity index (χ4v) is 5.65. The van der Waals surface area contributed by atoms with Crippen LogP contribution in [-0.2, 0) is 17.6 Å². The van der Waals surface area contributed by atoms with Gasteiger partial charge >= 0.3 is 0 Å². The first kappa shape index (κ1) is 19.9. The van der Waals surface area contributed by atoms with E-state index in [0.29, 0.717) is 12.8 Å². The Bertz CT molecular complexity index is 1220. The van der Waals surface area contributed by atoms with E-state index < -0.39 is 0 Å². The minimum atomic E-state index is 0.159. The van der Waals surface area contributed by atoms with Crippen LogP contribution in [0.3, 0.4) is 0 Å². The van der Waals surface area contributed by atoms with Gasteiger partial charge in [-0.25, -0.2) is 0 Å². The number of carbonyl (C=O) groups excluding carboxylic acids is 1. The lowest BCUT2D eigenvalue weighted by Crippen LogP contribution is -2.38. The summed E-state index contributed by atoms with van der Waals surface area (Å²) >= 11 is 1.81. The van der Waals surface area contributed by atoms with Crippen LogP contribution in [0.1, 0.15) is 35.4 Å². The molecular formula is C26H26N2O2S. The highest BCUT2D eigenvalue weighted by Gasteiger charge is 2.28. The van der Waals surface area contributed by atoms with Gasteiger partial charge in [0.1, 0.15) is 5.75 Å². The number of aromatic nitrogens is 1. The number of hydrogen-bond donors (Lipinski definition) is 1. The number of benzene rings is 2. The lowest BCUT2D eigenvalue weighted by Gasteiger charge is -2.33. The van der Waals surface area contributed by atoms with Crippen molar-refractivity contribution in [2.45, 2.75) is 32.2 Å². The first-order valence-electron chi connectivity index (χ1n) is 10.8. The molecule has 1 amide bonds. The molecule has 5 heteroatoms. The number of methoxy groups -OCH3 is 1. The second kappa shape index (κ2) is 8.23. The van der Waals surface area contributed by atoms with E-state index >= 15 is 0 Å². The van der Waals surface area contributed by atoms with Gasteiger partial charge in [-0.2, -0.15) is 0 Å². The zero-order valence-corrected chi connectivity index (χ0v) is 18.7. The molecule has 1 N–H and O–H groups in total. The number of aryl methyl sites for hydroxylation is 1. The third kappa shape index (κ3) is 3.63. The number of rotatable bonds is 5. The number of para-hydroxylation sites is 1. The molecule has 31 heavy (non-hydrogen) atoms. The van der Waals surface area contributed by atoms with E-state index in [1.54, 1.807) is 18.4 Å². The third-order valence-electron chi connectivity index (χ3n) is 6.38. The van der Waals surface area contributed by atoms with Gasteiger partial charge in [0.15, 0.2) is 0 Å². The van der Waals surface area contributed by atoms with Gasteiger partial charge in [0.05, 0.1) is 13.2 Å². The van der Waals surface area contributed by atoms with E-state index in [0.717, 1.165) is 35.5 Å². The molecule has 2 aromatic heterocycles. The summed E-state index contributed by atoms with van der Waals surface area (Å²) in [5.74, 6) is 1.07. The van der Waals surface area contributed by atoms with Crippen molar-refractivity contribution in [3.8, 4) is 17.0 Å². The molecule has 3 heterocycles. The van der Waals surface area contributed by atoms with Gasteiger partial charge in [-0.05, 0) is 78.2 Å². The first-order valence-corrected chi connectivity index (χ1v) is 11.6. The van der Waals surface area contributed by atoms with Crippen LogP contribution in [0.5, 0.6) is 5.75 Å². The van der Waals surface area contributed by atoms with E-state index in [2.05, 4.69) is 58.6 Å². The van der Waals surface area contributed by atoms with Crippen molar-refractivity contribution in [2.75, 3.05) is 13.7 Å². The van der Waals surface area contributed by atoms with Crippen LogP contribution in [0.25, 0.3) is 22.2 Å². The molecule has 0 bridgehead atoms. The summed E-state index contributed by atoms with van der Waals surface area (Å²) in [6.07, 6.45) is 2.19. The second-order valence-corrected chi connectivity index (χ2v) is 9.07. The van der Waals surface area contributed by atoms with Crippen LogP contribution < -0.4 is 4.74 Å². The molecule has 0 radical (unpaired) electrons. The zero-order chi connectivity index (χ0) is 21.4. The van der Waals surface area contributed by atoms with Crippen molar-refractivity contribution in [3.05, 3.63) is 76.0 Å². The number of thiophene rings is 1. The van der Waals surface area contributed by atoms with Gasteiger partial charge in [-0.3, -0.25) is 4.79 Å². The Kier molecular flexibility index (Phi) is 5.28. The van der Waals surface area contributed by atoms with Crippen LogP contribution in [-0.4, -0.2) is 29.4 Å². The normalized spacial score (nSPS) is 15.8. The van der Waals surface area contributed by atoms with Crippen molar-refractivity contribution in [1.82, 2.24) is 9.88 Å². The van der Waals surface area contributed by atoms with Crippen molar-refractivity contribution in [2.24, 2.45) is 0 Å².